The second kappa shape index (κ2) is 7.17. The van der Waals surface area contributed by atoms with Crippen LogP contribution in [0.1, 0.15) is 17.5 Å². The Morgan fingerprint density at radius 1 is 1.31 bits per heavy atom. The molecule has 3 aromatic rings. The molecule has 0 saturated carbocycles. The fraction of sp³-hybridized carbons (Fsp3) is 0.300. The number of nitrogens with two attached hydrogens (primary N) is 1. The number of nitrogens with one attached hydrogen (secondary N) is 1. The Hall–Kier alpha value is -2.86. The molecule has 4 rings (SSSR count). The summed E-state index contributed by atoms with van der Waals surface area (Å²) < 4.78 is 4.31. The monoisotopic (exact) mass is 350 g/mol. The fourth-order valence-corrected chi connectivity index (χ4v) is 3.27. The largest absolute Gasteiger partial charge is 0.389 e. The predicted octanol–water partition coefficient (Wildman–Crippen LogP) is 1.51. The Morgan fingerprint density at radius 3 is 2.92 bits per heavy atom. The summed E-state index contributed by atoms with van der Waals surface area (Å²) in [5.74, 6) is 0.419. The van der Waals surface area contributed by atoms with Crippen molar-refractivity contribution in [1.82, 2.24) is 9.88 Å². The predicted molar refractivity (Wildman–Crippen MR) is 102 cm³/mol. The summed E-state index contributed by atoms with van der Waals surface area (Å²) >= 11 is 0. The van der Waals surface area contributed by atoms with Crippen LogP contribution in [0.25, 0.3) is 10.9 Å². The third kappa shape index (κ3) is 3.55. The van der Waals surface area contributed by atoms with Crippen LogP contribution in [0.4, 0.5) is 0 Å². The topological polar surface area (TPSA) is 68.5 Å². The Bertz CT molecular complexity index is 923. The first kappa shape index (κ1) is 16.6. The van der Waals surface area contributed by atoms with E-state index in [0.717, 1.165) is 31.6 Å². The number of benzene rings is 1. The van der Waals surface area contributed by atoms with E-state index in [-0.39, 0.29) is 6.10 Å². The van der Waals surface area contributed by atoms with E-state index >= 15 is 0 Å². The van der Waals surface area contributed by atoms with Gasteiger partial charge >= 0.3 is 0 Å². The average Bonchev–Trinajstić information content (AvgIpc) is 3.30. The molecule has 0 spiro atoms. The quantitative estimate of drug-likeness (QED) is 0.317. The van der Waals surface area contributed by atoms with Crippen LogP contribution in [0.5, 0.6) is 0 Å². The van der Waals surface area contributed by atoms with E-state index in [4.69, 9.17) is 10.6 Å². The fourth-order valence-electron chi connectivity index (χ4n) is 3.27. The number of hydrogen-bond donors (Lipinski definition) is 2. The lowest BCUT2D eigenvalue weighted by Gasteiger charge is -2.08. The molecule has 1 unspecified atom stereocenters. The van der Waals surface area contributed by atoms with Gasteiger partial charge in [0.1, 0.15) is 13.2 Å². The zero-order valence-electron chi connectivity index (χ0n) is 14.9. The van der Waals surface area contributed by atoms with E-state index in [0.29, 0.717) is 5.84 Å². The minimum absolute atomic E-state index is 0.122. The zero-order valence-corrected chi connectivity index (χ0v) is 14.9. The third-order valence-corrected chi connectivity index (χ3v) is 4.77. The second-order valence-electron chi connectivity index (χ2n) is 6.79. The van der Waals surface area contributed by atoms with Crippen LogP contribution in [0, 0.1) is 0 Å². The van der Waals surface area contributed by atoms with Gasteiger partial charge in [0.05, 0.1) is 10.9 Å². The molecule has 0 amide bonds. The molecule has 0 aliphatic carbocycles. The molecular formula is C20H24N5O+. The second-order valence-corrected chi connectivity index (χ2v) is 6.79. The highest BCUT2D eigenvalue weighted by molar-refractivity contribution is 5.97. The van der Waals surface area contributed by atoms with E-state index in [1.165, 1.54) is 16.5 Å². The molecular weight excluding hydrogens is 326 g/mol. The normalized spacial score (nSPS) is 17.7. The Balaban J connectivity index is 1.45. The van der Waals surface area contributed by atoms with Crippen molar-refractivity contribution in [3.63, 3.8) is 0 Å². The van der Waals surface area contributed by atoms with Crippen LogP contribution < -0.4 is 15.6 Å². The van der Waals surface area contributed by atoms with Crippen molar-refractivity contribution < 1.29 is 9.40 Å². The molecule has 26 heavy (non-hydrogen) atoms. The molecule has 6 heteroatoms. The minimum atomic E-state index is 0.122. The Kier molecular flexibility index (Phi) is 4.58. The van der Waals surface area contributed by atoms with Crippen LogP contribution in [-0.2, 0) is 18.4 Å². The minimum Gasteiger partial charge on any atom is -0.389 e. The molecule has 134 valence electrons. The molecule has 1 fully saturated rings. The van der Waals surface area contributed by atoms with Crippen molar-refractivity contribution in [2.45, 2.75) is 19.1 Å². The smallest absolute Gasteiger partial charge is 0.177 e. The zero-order chi connectivity index (χ0) is 17.9. The van der Waals surface area contributed by atoms with E-state index in [9.17, 15) is 0 Å². The molecule has 1 saturated heterocycles. The lowest BCUT2D eigenvalue weighted by molar-refractivity contribution is -0.670. The molecule has 6 nitrogen and oxygen atoms in total. The van der Waals surface area contributed by atoms with E-state index in [2.05, 4.69) is 62.5 Å². The van der Waals surface area contributed by atoms with Crippen molar-refractivity contribution in [2.75, 3.05) is 13.1 Å². The highest BCUT2D eigenvalue weighted by Crippen LogP contribution is 2.16. The standard InChI is InChI=1S/C20H24N5O/c1-24-10-8-19-17(14-24)7-11-25(19)13-15-2-4-16(5-3-15)20(21)23-26-18-6-9-22-12-18/h2-5,7-8,10-11,14,18,22H,6,9,12-13H2,1H3,(H2,21,23)/q+1. The van der Waals surface area contributed by atoms with Crippen LogP contribution in [0.2, 0.25) is 0 Å². The SMILES string of the molecule is C[n+]1ccc2c(ccn2Cc2ccc(C(N)=NOC3CCNC3)cc2)c1. The van der Waals surface area contributed by atoms with E-state index < -0.39 is 0 Å². The number of hydrogen-bond acceptors (Lipinski definition) is 3. The van der Waals surface area contributed by atoms with Crippen molar-refractivity contribution in [3.8, 4) is 0 Å². The van der Waals surface area contributed by atoms with Gasteiger partial charge in [-0.15, -0.1) is 0 Å². The maximum absolute atomic E-state index is 6.04. The number of aromatic nitrogens is 2. The lowest BCUT2D eigenvalue weighted by atomic mass is 10.1. The number of aryl methyl sites for hydroxylation is 1. The maximum atomic E-state index is 6.04. The number of rotatable bonds is 5. The van der Waals surface area contributed by atoms with E-state index in [1.54, 1.807) is 0 Å². The number of fused-ring (bicyclic) bond motifs is 1. The van der Waals surface area contributed by atoms with Gasteiger partial charge in [0.25, 0.3) is 0 Å². The Morgan fingerprint density at radius 2 is 2.15 bits per heavy atom. The highest BCUT2D eigenvalue weighted by Gasteiger charge is 2.15. The summed E-state index contributed by atoms with van der Waals surface area (Å²) in [6.45, 7) is 2.62. The summed E-state index contributed by atoms with van der Waals surface area (Å²) in [5, 5.41) is 8.56. The first-order valence-electron chi connectivity index (χ1n) is 8.92. The molecule has 0 bridgehead atoms. The van der Waals surface area contributed by atoms with Gasteiger partial charge in [-0.1, -0.05) is 29.4 Å². The number of pyridine rings is 1. The van der Waals surface area contributed by atoms with Gasteiger partial charge in [0.2, 0.25) is 0 Å². The molecule has 1 aliphatic heterocycles. The van der Waals surface area contributed by atoms with Gasteiger partial charge in [0, 0.05) is 37.3 Å². The maximum Gasteiger partial charge on any atom is 0.177 e. The van der Waals surface area contributed by atoms with Crippen molar-refractivity contribution in [2.24, 2.45) is 17.9 Å². The molecule has 2 aromatic heterocycles. The van der Waals surface area contributed by atoms with Crippen molar-refractivity contribution in [1.29, 1.82) is 0 Å². The van der Waals surface area contributed by atoms with Crippen LogP contribution >= 0.6 is 0 Å². The van der Waals surface area contributed by atoms with Crippen molar-refractivity contribution >= 4 is 16.7 Å². The molecule has 3 heterocycles. The molecule has 1 aliphatic rings. The summed E-state index contributed by atoms with van der Waals surface area (Å²) in [7, 11) is 2.04. The summed E-state index contributed by atoms with van der Waals surface area (Å²) in [5.41, 5.74) is 9.37. The molecule has 0 radical (unpaired) electrons. The molecule has 1 aromatic carbocycles. The Labute approximate surface area is 152 Å². The average molecular weight is 350 g/mol. The summed E-state index contributed by atoms with van der Waals surface area (Å²) in [4.78, 5) is 5.49. The van der Waals surface area contributed by atoms with Gasteiger partial charge in [-0.25, -0.2) is 4.57 Å². The third-order valence-electron chi connectivity index (χ3n) is 4.77. The number of nitrogens with zero attached hydrogens (tertiary/aromatic N) is 3. The van der Waals surface area contributed by atoms with Gasteiger partial charge < -0.3 is 20.5 Å². The van der Waals surface area contributed by atoms with E-state index in [1.807, 2.05) is 19.2 Å². The van der Waals surface area contributed by atoms with Crippen molar-refractivity contribution in [3.05, 3.63) is 66.1 Å². The van der Waals surface area contributed by atoms with Gasteiger partial charge in [-0.05, 0) is 18.2 Å². The van der Waals surface area contributed by atoms with Crippen LogP contribution in [-0.4, -0.2) is 29.6 Å². The number of oxime groups is 1. The first-order chi connectivity index (χ1) is 12.7. The first-order valence-corrected chi connectivity index (χ1v) is 8.92. The van der Waals surface area contributed by atoms with Gasteiger partial charge in [0.15, 0.2) is 18.2 Å². The van der Waals surface area contributed by atoms with Crippen LogP contribution in [0.3, 0.4) is 0 Å². The molecule has 3 N–H and O–H groups in total. The summed E-state index contributed by atoms with van der Waals surface area (Å²) in [6, 6.07) is 12.5. The molecule has 1 atom stereocenters. The van der Waals surface area contributed by atoms with Gasteiger partial charge in [-0.3, -0.25) is 0 Å². The van der Waals surface area contributed by atoms with Gasteiger partial charge in [-0.2, -0.15) is 0 Å². The highest BCUT2D eigenvalue weighted by atomic mass is 16.6. The summed E-state index contributed by atoms with van der Waals surface area (Å²) in [6.07, 6.45) is 7.41. The number of amidine groups is 1. The lowest BCUT2D eigenvalue weighted by Crippen LogP contribution is -2.25. The van der Waals surface area contributed by atoms with Crippen LogP contribution in [0.15, 0.2) is 60.1 Å².